The van der Waals surface area contributed by atoms with Crippen molar-refractivity contribution in [3.63, 3.8) is 0 Å². The highest BCUT2D eigenvalue weighted by Gasteiger charge is 2.27. The molecule has 3 heteroatoms. The van der Waals surface area contributed by atoms with Gasteiger partial charge in [0, 0.05) is 26.2 Å². The molecule has 0 spiro atoms. The average molecular weight is 229 g/mol. The first-order chi connectivity index (χ1) is 7.72. The third-order valence-corrected chi connectivity index (χ3v) is 3.73. The second-order valence-electron chi connectivity index (χ2n) is 4.80. The summed E-state index contributed by atoms with van der Waals surface area (Å²) in [6.45, 7) is 6.44. The smallest absolute Gasteiger partial charge is 0.0695 e. The minimum Gasteiger partial charge on any atom is -0.391 e. The van der Waals surface area contributed by atoms with Gasteiger partial charge in [-0.05, 0) is 25.7 Å². The second-order valence-corrected chi connectivity index (χ2v) is 4.80. The first-order valence-corrected chi connectivity index (χ1v) is 6.67. The topological polar surface area (TPSA) is 32.7 Å². The Labute approximate surface area is 99.8 Å². The molecule has 16 heavy (non-hydrogen) atoms. The van der Waals surface area contributed by atoms with Crippen molar-refractivity contribution in [1.29, 1.82) is 0 Å². The van der Waals surface area contributed by atoms with Gasteiger partial charge in [0.25, 0.3) is 0 Å². The maximum atomic E-state index is 10.1. The van der Waals surface area contributed by atoms with Gasteiger partial charge in [0.05, 0.1) is 12.2 Å². The van der Waals surface area contributed by atoms with E-state index in [9.17, 15) is 5.11 Å². The van der Waals surface area contributed by atoms with Crippen LogP contribution in [0, 0.1) is 0 Å². The molecule has 2 unspecified atom stereocenters. The Hall–Kier alpha value is -0.120. The molecule has 1 rings (SSSR count). The Morgan fingerprint density at radius 1 is 1.31 bits per heavy atom. The van der Waals surface area contributed by atoms with Gasteiger partial charge in [-0.3, -0.25) is 4.90 Å². The molecule has 0 aromatic heterocycles. The lowest BCUT2D eigenvalue weighted by Gasteiger charge is -2.39. The van der Waals surface area contributed by atoms with Gasteiger partial charge < -0.3 is 9.84 Å². The zero-order valence-corrected chi connectivity index (χ0v) is 11.0. The summed E-state index contributed by atoms with van der Waals surface area (Å²) < 4.78 is 5.37. The van der Waals surface area contributed by atoms with E-state index < -0.39 is 0 Å². The van der Waals surface area contributed by atoms with Crippen molar-refractivity contribution in [2.75, 3.05) is 20.2 Å². The molecular formula is C13H27NO2. The fourth-order valence-corrected chi connectivity index (χ4v) is 2.70. The maximum absolute atomic E-state index is 10.1. The van der Waals surface area contributed by atoms with Crippen molar-refractivity contribution >= 4 is 0 Å². The molecule has 0 bridgehead atoms. The van der Waals surface area contributed by atoms with E-state index in [1.807, 2.05) is 0 Å². The van der Waals surface area contributed by atoms with Crippen LogP contribution in [-0.2, 0) is 4.74 Å². The standard InChI is InChI=1S/C13H27NO2/c1-4-6-13(15)12(5-2)14-9-7-11(16-3)8-10-14/h11-13,15H,4-10H2,1-3H3. The molecule has 0 aliphatic carbocycles. The van der Waals surface area contributed by atoms with Gasteiger partial charge in [-0.15, -0.1) is 0 Å². The van der Waals surface area contributed by atoms with Gasteiger partial charge in [-0.25, -0.2) is 0 Å². The molecule has 0 amide bonds. The van der Waals surface area contributed by atoms with Gasteiger partial charge >= 0.3 is 0 Å². The zero-order valence-electron chi connectivity index (χ0n) is 11.0. The number of methoxy groups -OCH3 is 1. The zero-order chi connectivity index (χ0) is 12.0. The number of hydrogen-bond acceptors (Lipinski definition) is 3. The molecule has 0 aromatic carbocycles. The normalized spacial score (nSPS) is 23.2. The number of aliphatic hydroxyl groups is 1. The summed E-state index contributed by atoms with van der Waals surface area (Å²) >= 11 is 0. The number of ether oxygens (including phenoxy) is 1. The van der Waals surface area contributed by atoms with Crippen LogP contribution >= 0.6 is 0 Å². The Bertz CT molecular complexity index is 179. The van der Waals surface area contributed by atoms with Crippen molar-refractivity contribution in [2.45, 2.75) is 64.2 Å². The summed E-state index contributed by atoms with van der Waals surface area (Å²) in [5.74, 6) is 0. The van der Waals surface area contributed by atoms with E-state index >= 15 is 0 Å². The van der Waals surface area contributed by atoms with Crippen LogP contribution in [0.15, 0.2) is 0 Å². The Morgan fingerprint density at radius 2 is 1.94 bits per heavy atom. The third-order valence-electron chi connectivity index (χ3n) is 3.73. The van der Waals surface area contributed by atoms with Crippen LogP contribution in [0.4, 0.5) is 0 Å². The van der Waals surface area contributed by atoms with Crippen LogP contribution in [0.25, 0.3) is 0 Å². The molecule has 1 aliphatic heterocycles. The Kier molecular flexibility index (Phi) is 6.32. The predicted molar refractivity (Wildman–Crippen MR) is 66.6 cm³/mol. The molecule has 1 N–H and O–H groups in total. The summed E-state index contributed by atoms with van der Waals surface area (Å²) in [5.41, 5.74) is 0. The van der Waals surface area contributed by atoms with E-state index in [0.29, 0.717) is 12.1 Å². The predicted octanol–water partition coefficient (Wildman–Crippen LogP) is 2.04. The fourth-order valence-electron chi connectivity index (χ4n) is 2.70. The van der Waals surface area contributed by atoms with E-state index in [1.54, 1.807) is 7.11 Å². The van der Waals surface area contributed by atoms with Crippen LogP contribution in [0.3, 0.4) is 0 Å². The highest BCUT2D eigenvalue weighted by molar-refractivity contribution is 4.82. The fraction of sp³-hybridized carbons (Fsp3) is 1.00. The number of rotatable bonds is 6. The quantitative estimate of drug-likeness (QED) is 0.756. The van der Waals surface area contributed by atoms with Gasteiger partial charge in [-0.2, -0.15) is 0 Å². The van der Waals surface area contributed by atoms with Crippen LogP contribution in [0.2, 0.25) is 0 Å². The average Bonchev–Trinajstić information content (AvgIpc) is 2.31. The van der Waals surface area contributed by atoms with Gasteiger partial charge in [0.2, 0.25) is 0 Å². The van der Waals surface area contributed by atoms with Crippen molar-refractivity contribution in [2.24, 2.45) is 0 Å². The molecule has 0 saturated carbocycles. The van der Waals surface area contributed by atoms with Crippen molar-refractivity contribution < 1.29 is 9.84 Å². The van der Waals surface area contributed by atoms with Crippen LogP contribution in [-0.4, -0.2) is 48.5 Å². The Balaban J connectivity index is 2.42. The van der Waals surface area contributed by atoms with E-state index in [1.165, 1.54) is 0 Å². The summed E-state index contributed by atoms with van der Waals surface area (Å²) in [6.07, 6.45) is 5.50. The second kappa shape index (κ2) is 7.25. The van der Waals surface area contributed by atoms with Crippen molar-refractivity contribution in [3.05, 3.63) is 0 Å². The van der Waals surface area contributed by atoms with Gasteiger partial charge in [-0.1, -0.05) is 20.3 Å². The van der Waals surface area contributed by atoms with E-state index in [2.05, 4.69) is 18.7 Å². The SMILES string of the molecule is CCCC(O)C(CC)N1CCC(OC)CC1. The Morgan fingerprint density at radius 3 is 2.38 bits per heavy atom. The van der Waals surface area contributed by atoms with Gasteiger partial charge in [0.15, 0.2) is 0 Å². The third kappa shape index (κ3) is 3.72. The lowest BCUT2D eigenvalue weighted by atomic mass is 9.98. The van der Waals surface area contributed by atoms with Crippen molar-refractivity contribution in [3.8, 4) is 0 Å². The molecule has 1 heterocycles. The molecule has 2 atom stereocenters. The monoisotopic (exact) mass is 229 g/mol. The maximum Gasteiger partial charge on any atom is 0.0695 e. The first-order valence-electron chi connectivity index (χ1n) is 6.67. The van der Waals surface area contributed by atoms with Gasteiger partial charge in [0.1, 0.15) is 0 Å². The van der Waals surface area contributed by atoms with E-state index in [-0.39, 0.29) is 6.10 Å². The molecule has 1 saturated heterocycles. The number of hydrogen-bond donors (Lipinski definition) is 1. The lowest BCUT2D eigenvalue weighted by Crippen LogP contribution is -2.48. The summed E-state index contributed by atoms with van der Waals surface area (Å²) in [7, 11) is 1.80. The summed E-state index contributed by atoms with van der Waals surface area (Å²) in [6, 6.07) is 0.345. The highest BCUT2D eigenvalue weighted by Crippen LogP contribution is 2.20. The number of likely N-dealkylation sites (tertiary alicyclic amines) is 1. The molecule has 3 nitrogen and oxygen atoms in total. The molecular weight excluding hydrogens is 202 g/mol. The molecule has 0 aromatic rings. The largest absolute Gasteiger partial charge is 0.391 e. The van der Waals surface area contributed by atoms with Crippen LogP contribution in [0.1, 0.15) is 46.0 Å². The number of nitrogens with zero attached hydrogens (tertiary/aromatic N) is 1. The number of piperidine rings is 1. The summed E-state index contributed by atoms with van der Waals surface area (Å²) in [4.78, 5) is 2.44. The molecule has 1 aliphatic rings. The minimum absolute atomic E-state index is 0.158. The van der Waals surface area contributed by atoms with E-state index in [4.69, 9.17) is 4.74 Å². The molecule has 1 fully saturated rings. The molecule has 0 radical (unpaired) electrons. The lowest BCUT2D eigenvalue weighted by molar-refractivity contribution is -0.0105. The molecule has 96 valence electrons. The first kappa shape index (κ1) is 13.9. The highest BCUT2D eigenvalue weighted by atomic mass is 16.5. The number of aliphatic hydroxyl groups excluding tert-OH is 1. The van der Waals surface area contributed by atoms with E-state index in [0.717, 1.165) is 45.2 Å². The van der Waals surface area contributed by atoms with Crippen LogP contribution < -0.4 is 0 Å². The van der Waals surface area contributed by atoms with Crippen LogP contribution in [0.5, 0.6) is 0 Å². The van der Waals surface area contributed by atoms with Crippen molar-refractivity contribution in [1.82, 2.24) is 4.90 Å². The minimum atomic E-state index is -0.158. The summed E-state index contributed by atoms with van der Waals surface area (Å²) in [5, 5.41) is 10.1.